The Morgan fingerprint density at radius 3 is 2.29 bits per heavy atom. The Morgan fingerprint density at radius 1 is 0.917 bits per heavy atom. The molecule has 1 heterocycles. The molecule has 6 heteroatoms. The summed E-state index contributed by atoms with van der Waals surface area (Å²) in [5.74, 6) is -0.352. The molecule has 0 saturated heterocycles. The van der Waals surface area contributed by atoms with Crippen molar-refractivity contribution in [3.05, 3.63) is 77.6 Å². The van der Waals surface area contributed by atoms with Crippen molar-refractivity contribution in [3.8, 4) is 0 Å². The zero-order valence-corrected chi connectivity index (χ0v) is 13.0. The van der Waals surface area contributed by atoms with Crippen molar-refractivity contribution < 1.29 is 9.18 Å². The van der Waals surface area contributed by atoms with Gasteiger partial charge in [-0.25, -0.2) is 4.39 Å². The number of carbonyl (C=O) groups excluding carboxylic acids is 1. The van der Waals surface area contributed by atoms with Gasteiger partial charge in [0.15, 0.2) is 11.6 Å². The first-order valence-corrected chi connectivity index (χ1v) is 7.36. The van der Waals surface area contributed by atoms with Gasteiger partial charge in [0.1, 0.15) is 5.82 Å². The molecule has 0 saturated carbocycles. The quantitative estimate of drug-likeness (QED) is 0.764. The minimum absolute atomic E-state index is 0.0404. The fourth-order valence-electron chi connectivity index (χ4n) is 2.15. The molecule has 0 aliphatic rings. The van der Waals surface area contributed by atoms with Crippen molar-refractivity contribution in [2.24, 2.45) is 0 Å². The van der Waals surface area contributed by atoms with Crippen LogP contribution in [0.5, 0.6) is 0 Å². The number of para-hydroxylation sites is 1. The van der Waals surface area contributed by atoms with Crippen LogP contribution in [0.1, 0.15) is 15.9 Å². The average Bonchev–Trinajstić information content (AvgIpc) is 2.59. The van der Waals surface area contributed by atoms with Gasteiger partial charge in [-0.15, -0.1) is 10.2 Å². The van der Waals surface area contributed by atoms with E-state index in [2.05, 4.69) is 20.8 Å². The number of nitrogens with zero attached hydrogens (tertiary/aromatic N) is 2. The Labute approximate surface area is 138 Å². The van der Waals surface area contributed by atoms with Crippen LogP contribution in [0.3, 0.4) is 0 Å². The second-order valence-corrected chi connectivity index (χ2v) is 5.18. The largest absolute Gasteiger partial charge is 0.339 e. The molecule has 3 rings (SSSR count). The van der Waals surface area contributed by atoms with Gasteiger partial charge >= 0.3 is 0 Å². The molecule has 0 fully saturated rings. The fourth-order valence-corrected chi connectivity index (χ4v) is 2.15. The highest BCUT2D eigenvalue weighted by Gasteiger charge is 2.11. The fraction of sp³-hybridized carbons (Fsp3) is 0.0556. The van der Waals surface area contributed by atoms with Crippen LogP contribution < -0.4 is 10.6 Å². The summed E-state index contributed by atoms with van der Waals surface area (Å²) in [5, 5.41) is 13.6. The summed E-state index contributed by atoms with van der Waals surface area (Å²) >= 11 is 0. The average molecular weight is 322 g/mol. The third-order valence-electron chi connectivity index (χ3n) is 3.43. The molecule has 5 nitrogen and oxygen atoms in total. The molecular weight excluding hydrogens is 307 g/mol. The first-order chi connectivity index (χ1) is 11.6. The van der Waals surface area contributed by atoms with Gasteiger partial charge < -0.3 is 10.6 Å². The molecule has 0 bridgehead atoms. The van der Waals surface area contributed by atoms with E-state index < -0.39 is 11.7 Å². The van der Waals surface area contributed by atoms with Crippen molar-refractivity contribution in [1.82, 2.24) is 10.2 Å². The molecule has 1 aromatic heterocycles. The number of halogens is 1. The van der Waals surface area contributed by atoms with Gasteiger partial charge in [0.25, 0.3) is 5.91 Å². The SMILES string of the molecule is Cc1ccccc1Nc1ccc(NC(=O)c2ccccc2F)nn1. The van der Waals surface area contributed by atoms with Gasteiger partial charge in [-0.3, -0.25) is 4.79 Å². The molecule has 2 N–H and O–H groups in total. The van der Waals surface area contributed by atoms with E-state index in [1.54, 1.807) is 18.2 Å². The monoisotopic (exact) mass is 322 g/mol. The molecule has 2 aromatic carbocycles. The Balaban J connectivity index is 1.70. The van der Waals surface area contributed by atoms with Gasteiger partial charge in [-0.05, 0) is 42.8 Å². The number of aromatic nitrogens is 2. The van der Waals surface area contributed by atoms with Gasteiger partial charge in [-0.1, -0.05) is 30.3 Å². The molecule has 0 aliphatic carbocycles. The van der Waals surface area contributed by atoms with E-state index in [0.717, 1.165) is 11.3 Å². The predicted molar refractivity (Wildman–Crippen MR) is 90.8 cm³/mol. The lowest BCUT2D eigenvalue weighted by Gasteiger charge is -2.09. The molecule has 0 atom stereocenters. The predicted octanol–water partition coefficient (Wildman–Crippen LogP) is 3.92. The normalized spacial score (nSPS) is 10.2. The van der Waals surface area contributed by atoms with Crippen molar-refractivity contribution >= 4 is 23.2 Å². The summed E-state index contributed by atoms with van der Waals surface area (Å²) in [7, 11) is 0. The van der Waals surface area contributed by atoms with Crippen molar-refractivity contribution in [2.75, 3.05) is 10.6 Å². The van der Waals surface area contributed by atoms with E-state index in [1.165, 1.54) is 18.2 Å². The van der Waals surface area contributed by atoms with Crippen LogP contribution in [0.4, 0.5) is 21.7 Å². The second kappa shape index (κ2) is 6.87. The lowest BCUT2D eigenvalue weighted by atomic mass is 10.2. The lowest BCUT2D eigenvalue weighted by molar-refractivity contribution is 0.102. The van der Waals surface area contributed by atoms with Crippen LogP contribution in [0.2, 0.25) is 0 Å². The highest BCUT2D eigenvalue weighted by atomic mass is 19.1. The van der Waals surface area contributed by atoms with E-state index in [1.807, 2.05) is 31.2 Å². The van der Waals surface area contributed by atoms with E-state index in [0.29, 0.717) is 5.82 Å². The zero-order valence-electron chi connectivity index (χ0n) is 13.0. The summed E-state index contributed by atoms with van der Waals surface area (Å²) in [5.41, 5.74) is 1.97. The smallest absolute Gasteiger partial charge is 0.259 e. The summed E-state index contributed by atoms with van der Waals surface area (Å²) in [6.07, 6.45) is 0. The number of hydrogen-bond donors (Lipinski definition) is 2. The zero-order chi connectivity index (χ0) is 16.9. The van der Waals surface area contributed by atoms with E-state index >= 15 is 0 Å². The number of anilines is 3. The minimum atomic E-state index is -0.583. The van der Waals surface area contributed by atoms with Gasteiger partial charge in [0, 0.05) is 5.69 Å². The Hall–Kier alpha value is -3.28. The first kappa shape index (κ1) is 15.6. The van der Waals surface area contributed by atoms with Crippen molar-refractivity contribution in [1.29, 1.82) is 0 Å². The number of amides is 1. The number of benzene rings is 2. The summed E-state index contributed by atoms with van der Waals surface area (Å²) < 4.78 is 13.6. The van der Waals surface area contributed by atoms with Crippen LogP contribution >= 0.6 is 0 Å². The van der Waals surface area contributed by atoms with E-state index in [-0.39, 0.29) is 11.4 Å². The number of nitrogens with one attached hydrogen (secondary N) is 2. The molecular formula is C18H15FN4O. The molecule has 0 spiro atoms. The topological polar surface area (TPSA) is 66.9 Å². The molecule has 24 heavy (non-hydrogen) atoms. The Bertz CT molecular complexity index is 865. The summed E-state index contributed by atoms with van der Waals surface area (Å²) in [4.78, 5) is 12.0. The number of carbonyl (C=O) groups is 1. The second-order valence-electron chi connectivity index (χ2n) is 5.18. The minimum Gasteiger partial charge on any atom is -0.339 e. The molecule has 0 aliphatic heterocycles. The van der Waals surface area contributed by atoms with Gasteiger partial charge in [-0.2, -0.15) is 0 Å². The Kier molecular flexibility index (Phi) is 4.47. The summed E-state index contributed by atoms with van der Waals surface area (Å²) in [6, 6.07) is 16.9. The molecule has 0 unspecified atom stereocenters. The van der Waals surface area contributed by atoms with Crippen molar-refractivity contribution in [2.45, 2.75) is 6.92 Å². The van der Waals surface area contributed by atoms with Crippen LogP contribution in [0.25, 0.3) is 0 Å². The van der Waals surface area contributed by atoms with Gasteiger partial charge in [0.05, 0.1) is 5.56 Å². The maximum atomic E-state index is 13.6. The molecule has 0 radical (unpaired) electrons. The highest BCUT2D eigenvalue weighted by molar-refractivity contribution is 6.03. The molecule has 3 aromatic rings. The maximum absolute atomic E-state index is 13.6. The van der Waals surface area contributed by atoms with E-state index in [4.69, 9.17) is 0 Å². The van der Waals surface area contributed by atoms with Gasteiger partial charge in [0.2, 0.25) is 0 Å². The standard InChI is InChI=1S/C18H15FN4O/c1-12-6-2-5-9-15(12)20-16-10-11-17(23-22-16)21-18(24)13-7-3-4-8-14(13)19/h2-11H,1H3,(H,20,22)(H,21,23,24). The molecule has 1 amide bonds. The van der Waals surface area contributed by atoms with E-state index in [9.17, 15) is 9.18 Å². The lowest BCUT2D eigenvalue weighted by Crippen LogP contribution is -2.15. The van der Waals surface area contributed by atoms with Crippen LogP contribution in [-0.2, 0) is 0 Å². The van der Waals surface area contributed by atoms with Crippen LogP contribution in [0, 0.1) is 12.7 Å². The van der Waals surface area contributed by atoms with Crippen molar-refractivity contribution in [3.63, 3.8) is 0 Å². The van der Waals surface area contributed by atoms with Crippen LogP contribution in [-0.4, -0.2) is 16.1 Å². The molecule has 120 valence electrons. The number of rotatable bonds is 4. The summed E-state index contributed by atoms with van der Waals surface area (Å²) in [6.45, 7) is 1.98. The number of hydrogen-bond acceptors (Lipinski definition) is 4. The maximum Gasteiger partial charge on any atom is 0.259 e. The third-order valence-corrected chi connectivity index (χ3v) is 3.43. The van der Waals surface area contributed by atoms with Crippen LogP contribution in [0.15, 0.2) is 60.7 Å². The number of aryl methyl sites for hydroxylation is 1. The highest BCUT2D eigenvalue weighted by Crippen LogP contribution is 2.18. The third kappa shape index (κ3) is 3.55. The first-order valence-electron chi connectivity index (χ1n) is 7.36. The Morgan fingerprint density at radius 2 is 1.58 bits per heavy atom.